The molecule has 1 aromatic heterocycles. The number of nitro groups is 1. The van der Waals surface area contributed by atoms with Crippen molar-refractivity contribution in [2.75, 3.05) is 31.1 Å². The normalized spacial score (nSPS) is 19.4. The number of thiophene rings is 1. The first kappa shape index (κ1) is 18.9. The highest BCUT2D eigenvalue weighted by Gasteiger charge is 2.27. The maximum Gasteiger partial charge on any atom is 0.269 e. The number of anilines is 1. The summed E-state index contributed by atoms with van der Waals surface area (Å²) in [5, 5.41) is 10.8. The van der Waals surface area contributed by atoms with Gasteiger partial charge in [0, 0.05) is 48.9 Å². The number of carbonyl (C=O) groups is 1. The Morgan fingerprint density at radius 1 is 1.21 bits per heavy atom. The lowest BCUT2D eigenvalue weighted by Gasteiger charge is -2.35. The second-order valence-electron chi connectivity index (χ2n) is 7.63. The zero-order chi connectivity index (χ0) is 19.7. The van der Waals surface area contributed by atoms with E-state index < -0.39 is 0 Å². The van der Waals surface area contributed by atoms with Crippen LogP contribution in [0.2, 0.25) is 0 Å². The Bertz CT molecular complexity index is 870. The molecule has 1 atom stereocenters. The molecule has 0 spiro atoms. The fourth-order valence-corrected chi connectivity index (χ4v) is 5.34. The number of nitrogens with zero attached hydrogens (tertiary/aromatic N) is 3. The van der Waals surface area contributed by atoms with Gasteiger partial charge in [-0.2, -0.15) is 0 Å². The second kappa shape index (κ2) is 7.91. The smallest absolute Gasteiger partial charge is 0.269 e. The maximum atomic E-state index is 13.0. The summed E-state index contributed by atoms with van der Waals surface area (Å²) >= 11 is 1.68. The number of hydrogen-bond donors (Lipinski definition) is 0. The van der Waals surface area contributed by atoms with Crippen molar-refractivity contribution in [1.82, 2.24) is 4.90 Å². The molecule has 0 saturated carbocycles. The minimum atomic E-state index is -0.385. The molecule has 1 saturated heterocycles. The third kappa shape index (κ3) is 3.76. The van der Waals surface area contributed by atoms with Crippen molar-refractivity contribution in [3.8, 4) is 0 Å². The fraction of sp³-hybridized carbons (Fsp3) is 0.476. The summed E-state index contributed by atoms with van der Waals surface area (Å²) in [6.45, 7) is 5.09. The van der Waals surface area contributed by atoms with E-state index >= 15 is 0 Å². The van der Waals surface area contributed by atoms with Crippen molar-refractivity contribution in [1.29, 1.82) is 0 Å². The predicted octanol–water partition coefficient (Wildman–Crippen LogP) is 4.13. The van der Waals surface area contributed by atoms with E-state index in [1.165, 1.54) is 35.4 Å². The Morgan fingerprint density at radius 2 is 1.93 bits per heavy atom. The summed E-state index contributed by atoms with van der Waals surface area (Å²) in [5.74, 6) is 0.908. The number of piperazine rings is 1. The molecular weight excluding hydrogens is 374 g/mol. The molecule has 1 fully saturated rings. The lowest BCUT2D eigenvalue weighted by Crippen LogP contribution is -2.48. The number of amides is 1. The van der Waals surface area contributed by atoms with Crippen LogP contribution in [0.3, 0.4) is 0 Å². The van der Waals surface area contributed by atoms with Crippen molar-refractivity contribution in [2.24, 2.45) is 5.92 Å². The first-order valence-corrected chi connectivity index (χ1v) is 10.8. The van der Waals surface area contributed by atoms with Crippen LogP contribution in [-0.4, -0.2) is 41.9 Å². The highest BCUT2D eigenvalue weighted by atomic mass is 32.1. The van der Waals surface area contributed by atoms with Gasteiger partial charge in [0.1, 0.15) is 0 Å². The van der Waals surface area contributed by atoms with Gasteiger partial charge in [0.2, 0.25) is 0 Å². The molecule has 2 heterocycles. The summed E-state index contributed by atoms with van der Waals surface area (Å²) in [6.07, 6.45) is 4.68. The van der Waals surface area contributed by atoms with Gasteiger partial charge in [0.25, 0.3) is 11.6 Å². The van der Waals surface area contributed by atoms with Gasteiger partial charge in [-0.1, -0.05) is 13.3 Å². The highest BCUT2D eigenvalue weighted by molar-refractivity contribution is 7.14. The van der Waals surface area contributed by atoms with Gasteiger partial charge in [0.05, 0.1) is 9.80 Å². The molecule has 6 nitrogen and oxygen atoms in total. The molecule has 0 N–H and O–H groups in total. The molecule has 1 amide bonds. The van der Waals surface area contributed by atoms with Crippen molar-refractivity contribution in [3.63, 3.8) is 0 Å². The number of fused-ring (bicyclic) bond motifs is 1. The van der Waals surface area contributed by atoms with E-state index in [0.29, 0.717) is 13.1 Å². The molecule has 7 heteroatoms. The zero-order valence-corrected chi connectivity index (χ0v) is 16.9. The number of non-ortho nitro benzene ring substituents is 1. The largest absolute Gasteiger partial charge is 0.368 e. The minimum absolute atomic E-state index is 0.101. The molecular formula is C21H25N3O3S. The van der Waals surface area contributed by atoms with Crippen LogP contribution in [0.5, 0.6) is 0 Å². The van der Waals surface area contributed by atoms with E-state index in [0.717, 1.165) is 42.4 Å². The van der Waals surface area contributed by atoms with Crippen LogP contribution >= 0.6 is 11.3 Å². The van der Waals surface area contributed by atoms with E-state index in [2.05, 4.69) is 17.9 Å². The van der Waals surface area contributed by atoms with Gasteiger partial charge in [0.15, 0.2) is 0 Å². The van der Waals surface area contributed by atoms with Crippen LogP contribution < -0.4 is 4.90 Å². The molecule has 2 aliphatic rings. The Labute approximate surface area is 168 Å². The first-order chi connectivity index (χ1) is 13.5. The van der Waals surface area contributed by atoms with Crippen LogP contribution in [0, 0.1) is 16.0 Å². The summed E-state index contributed by atoms with van der Waals surface area (Å²) in [6, 6.07) is 8.77. The zero-order valence-electron chi connectivity index (χ0n) is 16.1. The number of carbonyl (C=O) groups excluding carboxylic acids is 1. The van der Waals surface area contributed by atoms with Crippen molar-refractivity contribution < 1.29 is 9.72 Å². The van der Waals surface area contributed by atoms with Gasteiger partial charge in [-0.15, -0.1) is 11.3 Å². The monoisotopic (exact) mass is 399 g/mol. The number of hydrogen-bond acceptors (Lipinski definition) is 5. The quantitative estimate of drug-likeness (QED) is 0.573. The molecule has 28 heavy (non-hydrogen) atoms. The Balaban J connectivity index is 1.38. The van der Waals surface area contributed by atoms with Crippen LogP contribution in [0.1, 0.15) is 39.9 Å². The lowest BCUT2D eigenvalue weighted by molar-refractivity contribution is -0.384. The molecule has 2 aromatic rings. The third-order valence-corrected chi connectivity index (χ3v) is 7.19. The van der Waals surface area contributed by atoms with Crippen LogP contribution in [-0.2, 0) is 12.8 Å². The van der Waals surface area contributed by atoms with Gasteiger partial charge in [-0.05, 0) is 48.9 Å². The lowest BCUT2D eigenvalue weighted by atomic mass is 9.87. The third-order valence-electron chi connectivity index (χ3n) is 5.97. The van der Waals surface area contributed by atoms with Gasteiger partial charge in [-0.3, -0.25) is 14.9 Å². The molecule has 0 radical (unpaired) electrons. The summed E-state index contributed by atoms with van der Waals surface area (Å²) in [7, 11) is 0. The van der Waals surface area contributed by atoms with Crippen molar-refractivity contribution >= 4 is 28.6 Å². The number of rotatable bonds is 4. The van der Waals surface area contributed by atoms with Gasteiger partial charge < -0.3 is 9.80 Å². The molecule has 0 unspecified atom stereocenters. The van der Waals surface area contributed by atoms with Gasteiger partial charge >= 0.3 is 0 Å². The highest BCUT2D eigenvalue weighted by Crippen LogP contribution is 2.34. The summed E-state index contributed by atoms with van der Waals surface area (Å²) in [5.41, 5.74) is 2.45. The summed E-state index contributed by atoms with van der Waals surface area (Å²) in [4.78, 5) is 29.8. The molecule has 1 aliphatic heterocycles. The average molecular weight is 400 g/mol. The Kier molecular flexibility index (Phi) is 5.35. The van der Waals surface area contributed by atoms with E-state index in [1.807, 2.05) is 4.90 Å². The van der Waals surface area contributed by atoms with Crippen LogP contribution in [0.4, 0.5) is 11.4 Å². The fourth-order valence-electron chi connectivity index (χ4n) is 4.16. The first-order valence-electron chi connectivity index (χ1n) is 9.95. The second-order valence-corrected chi connectivity index (χ2v) is 8.77. The molecule has 148 valence electrons. The Hall–Kier alpha value is -2.41. The maximum absolute atomic E-state index is 13.0. The molecule has 0 bridgehead atoms. The number of nitro benzene ring substituents is 1. The predicted molar refractivity (Wildman–Crippen MR) is 111 cm³/mol. The number of benzene rings is 1. The Morgan fingerprint density at radius 3 is 2.57 bits per heavy atom. The standard InChI is InChI=1S/C21H25N3O3S/c1-2-15-3-8-19-16(13-15)14-20(28-19)21(25)23-11-9-22(10-12-23)17-4-6-18(7-5-17)24(26)27/h4-7,14-15H,2-3,8-13H2,1H3/t15-/m0/s1. The van der Waals surface area contributed by atoms with E-state index in [1.54, 1.807) is 23.5 Å². The SMILES string of the molecule is CC[C@H]1CCc2sc(C(=O)N3CCN(c4ccc([N+](=O)[O-])cc4)CC3)cc2C1. The molecule has 1 aliphatic carbocycles. The molecule has 1 aromatic carbocycles. The summed E-state index contributed by atoms with van der Waals surface area (Å²) < 4.78 is 0. The van der Waals surface area contributed by atoms with E-state index in [9.17, 15) is 14.9 Å². The number of aryl methyl sites for hydroxylation is 1. The van der Waals surface area contributed by atoms with Gasteiger partial charge in [-0.25, -0.2) is 0 Å². The average Bonchev–Trinajstić information content (AvgIpc) is 3.16. The molecule has 4 rings (SSSR count). The van der Waals surface area contributed by atoms with Crippen LogP contribution in [0.25, 0.3) is 0 Å². The van der Waals surface area contributed by atoms with Crippen molar-refractivity contribution in [3.05, 3.63) is 55.8 Å². The van der Waals surface area contributed by atoms with E-state index in [-0.39, 0.29) is 16.5 Å². The van der Waals surface area contributed by atoms with Crippen LogP contribution in [0.15, 0.2) is 30.3 Å². The minimum Gasteiger partial charge on any atom is -0.368 e. The van der Waals surface area contributed by atoms with E-state index in [4.69, 9.17) is 0 Å². The van der Waals surface area contributed by atoms with Crippen molar-refractivity contribution in [2.45, 2.75) is 32.6 Å². The topological polar surface area (TPSA) is 66.7 Å².